The molecule has 0 bridgehead atoms. The van der Waals surface area contributed by atoms with Crippen LogP contribution in [0.15, 0.2) is 71.1 Å². The highest BCUT2D eigenvalue weighted by atomic mass is 32.1. The molecule has 1 aromatic heterocycles. The van der Waals surface area contributed by atoms with Crippen molar-refractivity contribution >= 4 is 40.0 Å². The van der Waals surface area contributed by atoms with Crippen LogP contribution >= 0.6 is 12.2 Å². The van der Waals surface area contributed by atoms with Gasteiger partial charge in [-0.25, -0.2) is 4.98 Å². The van der Waals surface area contributed by atoms with E-state index < -0.39 is 0 Å². The second-order valence-corrected chi connectivity index (χ2v) is 7.38. The first-order valence-electron chi connectivity index (χ1n) is 9.71. The van der Waals surface area contributed by atoms with E-state index in [0.717, 1.165) is 34.3 Å². The summed E-state index contributed by atoms with van der Waals surface area (Å²) in [4.78, 5) is 17.0. The van der Waals surface area contributed by atoms with Crippen molar-refractivity contribution in [2.45, 2.75) is 20.3 Å². The van der Waals surface area contributed by atoms with Crippen LogP contribution in [0.4, 0.5) is 5.69 Å². The molecule has 1 amide bonds. The van der Waals surface area contributed by atoms with Crippen LogP contribution in [0.5, 0.6) is 0 Å². The van der Waals surface area contributed by atoms with E-state index in [-0.39, 0.29) is 11.0 Å². The Bertz CT molecular complexity index is 1200. The zero-order valence-electron chi connectivity index (χ0n) is 16.7. The molecule has 5 nitrogen and oxygen atoms in total. The Balaban J connectivity index is 1.50. The molecule has 4 rings (SSSR count). The topological polar surface area (TPSA) is 67.2 Å². The van der Waals surface area contributed by atoms with E-state index in [1.807, 2.05) is 61.5 Å². The molecule has 0 fully saturated rings. The SMILES string of the molecule is CCc1ccc(C(=O)NC(=S)Nc2cc(-c3nc4ccccc4o3)ccc2C)cc1. The lowest BCUT2D eigenvalue weighted by Gasteiger charge is -2.13. The Morgan fingerprint density at radius 2 is 1.83 bits per heavy atom. The number of benzene rings is 3. The van der Waals surface area contributed by atoms with Crippen molar-refractivity contribution in [3.63, 3.8) is 0 Å². The highest BCUT2D eigenvalue weighted by Gasteiger charge is 2.12. The third kappa shape index (κ3) is 4.23. The Morgan fingerprint density at radius 1 is 1.07 bits per heavy atom. The standard InChI is InChI=1S/C24H21N3O2S/c1-3-16-9-12-17(13-10-16)22(28)27-24(30)26-20-14-18(11-8-15(20)2)23-25-19-6-4-5-7-21(19)29-23/h4-14H,3H2,1-2H3,(H2,26,27,28,30). The summed E-state index contributed by atoms with van der Waals surface area (Å²) in [5.74, 6) is 0.285. The zero-order valence-corrected chi connectivity index (χ0v) is 17.5. The summed E-state index contributed by atoms with van der Waals surface area (Å²) in [5, 5.41) is 6.07. The molecule has 0 spiro atoms. The van der Waals surface area contributed by atoms with Gasteiger partial charge in [-0.15, -0.1) is 0 Å². The van der Waals surface area contributed by atoms with E-state index in [9.17, 15) is 4.79 Å². The maximum Gasteiger partial charge on any atom is 0.257 e. The molecule has 1 heterocycles. The molecule has 0 radical (unpaired) electrons. The van der Waals surface area contributed by atoms with Crippen LogP contribution in [0, 0.1) is 6.92 Å². The van der Waals surface area contributed by atoms with Crippen molar-refractivity contribution in [1.29, 1.82) is 0 Å². The maximum atomic E-state index is 12.5. The minimum atomic E-state index is -0.247. The summed E-state index contributed by atoms with van der Waals surface area (Å²) >= 11 is 5.35. The number of carbonyl (C=O) groups excluding carboxylic acids is 1. The fraction of sp³-hybridized carbons (Fsp3) is 0.125. The number of amides is 1. The highest BCUT2D eigenvalue weighted by molar-refractivity contribution is 7.80. The number of oxazole rings is 1. The average molecular weight is 416 g/mol. The van der Waals surface area contributed by atoms with E-state index >= 15 is 0 Å². The number of fused-ring (bicyclic) bond motifs is 1. The number of rotatable bonds is 4. The van der Waals surface area contributed by atoms with Gasteiger partial charge in [-0.2, -0.15) is 0 Å². The molecule has 0 saturated carbocycles. The number of aryl methyl sites for hydroxylation is 2. The lowest BCUT2D eigenvalue weighted by atomic mass is 10.1. The number of thiocarbonyl (C=S) groups is 1. The first-order valence-corrected chi connectivity index (χ1v) is 10.1. The van der Waals surface area contributed by atoms with Crippen LogP contribution in [-0.4, -0.2) is 16.0 Å². The molecule has 0 saturated heterocycles. The normalized spacial score (nSPS) is 10.7. The van der Waals surface area contributed by atoms with Gasteiger partial charge in [0.1, 0.15) is 5.52 Å². The van der Waals surface area contributed by atoms with Gasteiger partial charge in [0, 0.05) is 16.8 Å². The van der Waals surface area contributed by atoms with Gasteiger partial charge < -0.3 is 9.73 Å². The van der Waals surface area contributed by atoms with E-state index in [0.29, 0.717) is 11.5 Å². The molecule has 0 unspecified atom stereocenters. The van der Waals surface area contributed by atoms with Crippen molar-refractivity contribution < 1.29 is 9.21 Å². The lowest BCUT2D eigenvalue weighted by molar-refractivity contribution is 0.0977. The number of anilines is 1. The quantitative estimate of drug-likeness (QED) is 0.431. The Morgan fingerprint density at radius 3 is 2.57 bits per heavy atom. The predicted octanol–water partition coefficient (Wildman–Crippen LogP) is 5.49. The van der Waals surface area contributed by atoms with Crippen molar-refractivity contribution in [3.8, 4) is 11.5 Å². The Hall–Kier alpha value is -3.51. The molecule has 0 aliphatic carbocycles. The monoisotopic (exact) mass is 415 g/mol. The first kappa shape index (κ1) is 19.8. The van der Waals surface area contributed by atoms with Gasteiger partial charge in [0.2, 0.25) is 5.89 Å². The van der Waals surface area contributed by atoms with E-state index in [2.05, 4.69) is 22.5 Å². The minimum absolute atomic E-state index is 0.234. The van der Waals surface area contributed by atoms with Gasteiger partial charge in [-0.1, -0.05) is 37.3 Å². The minimum Gasteiger partial charge on any atom is -0.436 e. The summed E-state index contributed by atoms with van der Waals surface area (Å²) in [6.45, 7) is 4.04. The molecule has 0 aliphatic rings. The largest absolute Gasteiger partial charge is 0.436 e. The fourth-order valence-corrected chi connectivity index (χ4v) is 3.31. The summed E-state index contributed by atoms with van der Waals surface area (Å²) in [6, 6.07) is 20.9. The van der Waals surface area contributed by atoms with Crippen molar-refractivity contribution in [1.82, 2.24) is 10.3 Å². The van der Waals surface area contributed by atoms with Crippen molar-refractivity contribution in [2.24, 2.45) is 0 Å². The zero-order chi connectivity index (χ0) is 21.1. The average Bonchev–Trinajstić information content (AvgIpc) is 3.19. The smallest absolute Gasteiger partial charge is 0.257 e. The van der Waals surface area contributed by atoms with Gasteiger partial charge in [0.25, 0.3) is 5.91 Å². The third-order valence-corrected chi connectivity index (χ3v) is 5.08. The third-order valence-electron chi connectivity index (χ3n) is 4.88. The number of aromatic nitrogens is 1. The second-order valence-electron chi connectivity index (χ2n) is 6.98. The highest BCUT2D eigenvalue weighted by Crippen LogP contribution is 2.27. The van der Waals surface area contributed by atoms with Gasteiger partial charge in [0.05, 0.1) is 0 Å². The molecular weight excluding hydrogens is 394 g/mol. The summed E-state index contributed by atoms with van der Waals surface area (Å²) in [6.07, 6.45) is 0.928. The molecule has 30 heavy (non-hydrogen) atoms. The number of carbonyl (C=O) groups is 1. The molecule has 4 aromatic rings. The van der Waals surface area contributed by atoms with Gasteiger partial charge in [-0.3, -0.25) is 10.1 Å². The number of nitrogens with one attached hydrogen (secondary N) is 2. The molecular formula is C24H21N3O2S. The van der Waals surface area contributed by atoms with E-state index in [1.54, 1.807) is 12.1 Å². The predicted molar refractivity (Wildman–Crippen MR) is 124 cm³/mol. The number of nitrogens with zero attached hydrogens (tertiary/aromatic N) is 1. The van der Waals surface area contributed by atoms with Crippen molar-refractivity contribution in [3.05, 3.63) is 83.4 Å². The fourth-order valence-electron chi connectivity index (χ4n) is 3.11. The van der Waals surface area contributed by atoms with Crippen LogP contribution in [0.25, 0.3) is 22.6 Å². The maximum absolute atomic E-state index is 12.5. The van der Waals surface area contributed by atoms with E-state index in [1.165, 1.54) is 5.56 Å². The van der Waals surface area contributed by atoms with Crippen LogP contribution in [0.3, 0.4) is 0 Å². The Labute approximate surface area is 180 Å². The van der Waals surface area contributed by atoms with Crippen LogP contribution in [0.2, 0.25) is 0 Å². The number of hydrogen-bond donors (Lipinski definition) is 2. The Kier molecular flexibility index (Phi) is 5.59. The number of hydrogen-bond acceptors (Lipinski definition) is 4. The number of para-hydroxylation sites is 2. The molecule has 150 valence electrons. The van der Waals surface area contributed by atoms with Crippen LogP contribution in [0.1, 0.15) is 28.4 Å². The lowest BCUT2D eigenvalue weighted by Crippen LogP contribution is -2.34. The molecule has 2 N–H and O–H groups in total. The van der Waals surface area contributed by atoms with Crippen LogP contribution in [-0.2, 0) is 6.42 Å². The van der Waals surface area contributed by atoms with Crippen LogP contribution < -0.4 is 10.6 Å². The second kappa shape index (κ2) is 8.47. The van der Waals surface area contributed by atoms with E-state index in [4.69, 9.17) is 16.6 Å². The molecule has 0 atom stereocenters. The van der Waals surface area contributed by atoms with Gasteiger partial charge in [-0.05, 0) is 73.1 Å². The van der Waals surface area contributed by atoms with Gasteiger partial charge >= 0.3 is 0 Å². The molecule has 3 aromatic carbocycles. The first-order chi connectivity index (χ1) is 14.5. The molecule has 0 aliphatic heterocycles. The van der Waals surface area contributed by atoms with Crippen molar-refractivity contribution in [2.75, 3.05) is 5.32 Å². The summed E-state index contributed by atoms with van der Waals surface area (Å²) < 4.78 is 5.85. The molecule has 6 heteroatoms. The van der Waals surface area contributed by atoms with Gasteiger partial charge in [0.15, 0.2) is 10.7 Å². The summed E-state index contributed by atoms with van der Waals surface area (Å²) in [5.41, 5.74) is 5.87. The summed E-state index contributed by atoms with van der Waals surface area (Å²) in [7, 11) is 0.